The Hall–Kier alpha value is -2.00. The molecule has 0 fully saturated rings. The number of rotatable bonds is 5. The first-order chi connectivity index (χ1) is 11.0. The smallest absolute Gasteiger partial charge is 0.342 e. The van der Waals surface area contributed by atoms with E-state index in [0.29, 0.717) is 6.42 Å². The van der Waals surface area contributed by atoms with Crippen LogP contribution in [0.1, 0.15) is 44.9 Å². The molecule has 0 aliphatic heterocycles. The molecule has 0 spiro atoms. The summed E-state index contributed by atoms with van der Waals surface area (Å²) in [7, 11) is 0. The monoisotopic (exact) mass is 332 g/mol. The number of hydrogen-bond donors (Lipinski definition) is 1. The van der Waals surface area contributed by atoms with Crippen LogP contribution in [0.4, 0.5) is 0 Å². The van der Waals surface area contributed by atoms with Crippen LogP contribution in [0, 0.1) is 13.8 Å². The first-order valence-corrected chi connectivity index (χ1v) is 8.07. The van der Waals surface area contributed by atoms with Crippen molar-refractivity contribution in [3.63, 3.8) is 0 Å². The van der Waals surface area contributed by atoms with E-state index in [4.69, 9.17) is 16.3 Å². The summed E-state index contributed by atoms with van der Waals surface area (Å²) < 4.78 is 5.04. The predicted octanol–water partition coefficient (Wildman–Crippen LogP) is 4.71. The van der Waals surface area contributed by atoms with Crippen molar-refractivity contribution >= 4 is 17.6 Å². The fourth-order valence-electron chi connectivity index (χ4n) is 2.74. The lowest BCUT2D eigenvalue weighted by molar-refractivity contribution is 0.0522. The number of hydrogen-bond acceptors (Lipinski definition) is 3. The Kier molecular flexibility index (Phi) is 5.67. The lowest BCUT2D eigenvalue weighted by Crippen LogP contribution is -2.11. The van der Waals surface area contributed by atoms with Gasteiger partial charge in [-0.15, -0.1) is 11.6 Å². The number of phenolic OH excluding ortho intramolecular Hbond substituents is 1. The van der Waals surface area contributed by atoms with Gasteiger partial charge in [-0.3, -0.25) is 0 Å². The van der Waals surface area contributed by atoms with E-state index < -0.39 is 5.97 Å². The Bertz CT molecular complexity index is 696. The largest absolute Gasteiger partial charge is 0.507 e. The highest BCUT2D eigenvalue weighted by Crippen LogP contribution is 2.33. The molecule has 0 saturated heterocycles. The van der Waals surface area contributed by atoms with Crippen LogP contribution in [0.25, 0.3) is 0 Å². The van der Waals surface area contributed by atoms with Crippen LogP contribution in [0.2, 0.25) is 0 Å². The van der Waals surface area contributed by atoms with E-state index in [1.54, 1.807) is 13.0 Å². The third-order valence-corrected chi connectivity index (χ3v) is 4.34. The normalized spacial score (nSPS) is 12.0. The van der Waals surface area contributed by atoms with Gasteiger partial charge in [-0.25, -0.2) is 4.79 Å². The number of alkyl halides is 1. The van der Waals surface area contributed by atoms with Crippen molar-refractivity contribution in [1.82, 2.24) is 0 Å². The zero-order valence-electron chi connectivity index (χ0n) is 13.6. The molecule has 0 bridgehead atoms. The van der Waals surface area contributed by atoms with Crippen molar-refractivity contribution in [2.24, 2.45) is 0 Å². The fraction of sp³-hybridized carbons (Fsp3) is 0.316. The average molecular weight is 333 g/mol. The summed E-state index contributed by atoms with van der Waals surface area (Å²) in [5.74, 6) is -0.553. The number of aryl methyl sites for hydroxylation is 1. The second-order valence-electron chi connectivity index (χ2n) is 5.49. The molecule has 4 heteroatoms. The number of halogens is 1. The van der Waals surface area contributed by atoms with Crippen LogP contribution in [-0.4, -0.2) is 17.7 Å². The number of phenols is 1. The molecule has 0 aliphatic carbocycles. The lowest BCUT2D eigenvalue weighted by Gasteiger charge is -2.18. The van der Waals surface area contributed by atoms with E-state index in [1.807, 2.05) is 44.2 Å². The third kappa shape index (κ3) is 3.85. The maximum Gasteiger partial charge on any atom is 0.342 e. The predicted molar refractivity (Wildman–Crippen MR) is 92.3 cm³/mol. The molecule has 0 aromatic heterocycles. The van der Waals surface area contributed by atoms with E-state index in [0.717, 1.165) is 22.3 Å². The van der Waals surface area contributed by atoms with E-state index >= 15 is 0 Å². The summed E-state index contributed by atoms with van der Waals surface area (Å²) in [6.07, 6.45) is 0.579. The van der Waals surface area contributed by atoms with Gasteiger partial charge in [-0.2, -0.15) is 0 Å². The fourth-order valence-corrected chi connectivity index (χ4v) is 3.04. The molecule has 23 heavy (non-hydrogen) atoms. The second kappa shape index (κ2) is 7.51. The average Bonchev–Trinajstić information content (AvgIpc) is 2.52. The molecule has 0 amide bonds. The molecule has 2 rings (SSSR count). The Labute approximate surface area is 141 Å². The maximum atomic E-state index is 12.1. The van der Waals surface area contributed by atoms with Gasteiger partial charge in [0.25, 0.3) is 0 Å². The molecule has 1 N–H and O–H groups in total. The Morgan fingerprint density at radius 2 is 1.91 bits per heavy atom. The van der Waals surface area contributed by atoms with Crippen molar-refractivity contribution < 1.29 is 14.6 Å². The zero-order valence-corrected chi connectivity index (χ0v) is 14.4. The molecule has 0 radical (unpaired) electrons. The highest BCUT2D eigenvalue weighted by molar-refractivity contribution is 6.21. The van der Waals surface area contributed by atoms with Gasteiger partial charge in [0.1, 0.15) is 11.3 Å². The number of aromatic hydroxyl groups is 1. The van der Waals surface area contributed by atoms with E-state index in [1.165, 1.54) is 0 Å². The number of carbonyl (C=O) groups is 1. The summed E-state index contributed by atoms with van der Waals surface area (Å²) in [5, 5.41) is 9.91. The number of ether oxygens (including phenoxy) is 1. The highest BCUT2D eigenvalue weighted by Gasteiger charge is 2.21. The Morgan fingerprint density at radius 1 is 1.26 bits per heavy atom. The van der Waals surface area contributed by atoms with Gasteiger partial charge < -0.3 is 9.84 Å². The van der Waals surface area contributed by atoms with Gasteiger partial charge in [-0.05, 0) is 55.5 Å². The van der Waals surface area contributed by atoms with Crippen LogP contribution in [0.15, 0.2) is 36.4 Å². The SMILES string of the molecule is CCOC(=O)c1c(O)cc(C)c(CC(Cl)c2ccccc2)c1C. The third-order valence-electron chi connectivity index (χ3n) is 3.94. The first kappa shape index (κ1) is 17.4. The first-order valence-electron chi connectivity index (χ1n) is 7.63. The Balaban J connectivity index is 2.39. The van der Waals surface area contributed by atoms with Crippen molar-refractivity contribution in [3.05, 3.63) is 64.2 Å². The molecule has 1 unspecified atom stereocenters. The lowest BCUT2D eigenvalue weighted by atomic mass is 9.92. The van der Waals surface area contributed by atoms with Gasteiger partial charge >= 0.3 is 5.97 Å². The van der Waals surface area contributed by atoms with E-state index in [-0.39, 0.29) is 23.3 Å². The molecule has 2 aromatic carbocycles. The van der Waals surface area contributed by atoms with Gasteiger partial charge in [0.05, 0.1) is 12.0 Å². The number of benzene rings is 2. The number of esters is 1. The molecular formula is C19H21ClO3. The van der Waals surface area contributed by atoms with Crippen molar-refractivity contribution in [2.75, 3.05) is 6.61 Å². The van der Waals surface area contributed by atoms with Crippen LogP contribution >= 0.6 is 11.6 Å². The molecule has 0 heterocycles. The minimum atomic E-state index is -0.505. The summed E-state index contributed by atoms with van der Waals surface area (Å²) >= 11 is 6.54. The molecule has 1 atom stereocenters. The zero-order chi connectivity index (χ0) is 17.0. The second-order valence-corrected chi connectivity index (χ2v) is 6.02. The van der Waals surface area contributed by atoms with E-state index in [2.05, 4.69) is 0 Å². The van der Waals surface area contributed by atoms with Crippen molar-refractivity contribution in [2.45, 2.75) is 32.6 Å². The van der Waals surface area contributed by atoms with Crippen molar-refractivity contribution in [3.8, 4) is 5.75 Å². The molecule has 3 nitrogen and oxygen atoms in total. The van der Waals surface area contributed by atoms with Gasteiger partial charge in [0, 0.05) is 0 Å². The van der Waals surface area contributed by atoms with Crippen LogP contribution in [0.5, 0.6) is 5.75 Å². The van der Waals surface area contributed by atoms with E-state index in [9.17, 15) is 9.90 Å². The van der Waals surface area contributed by atoms with Crippen LogP contribution < -0.4 is 0 Å². The molecular weight excluding hydrogens is 312 g/mol. The molecule has 2 aromatic rings. The topological polar surface area (TPSA) is 46.5 Å². The van der Waals surface area contributed by atoms with Gasteiger partial charge in [0.15, 0.2) is 0 Å². The summed E-state index contributed by atoms with van der Waals surface area (Å²) in [6, 6.07) is 11.4. The molecule has 0 saturated carbocycles. The quantitative estimate of drug-likeness (QED) is 0.637. The Morgan fingerprint density at radius 3 is 2.52 bits per heavy atom. The molecule has 0 aliphatic rings. The van der Waals surface area contributed by atoms with Crippen molar-refractivity contribution in [1.29, 1.82) is 0 Å². The van der Waals surface area contributed by atoms with Crippen LogP contribution in [0.3, 0.4) is 0 Å². The minimum absolute atomic E-state index is 0.0481. The van der Waals surface area contributed by atoms with Gasteiger partial charge in [-0.1, -0.05) is 30.3 Å². The maximum absolute atomic E-state index is 12.1. The highest BCUT2D eigenvalue weighted by atomic mass is 35.5. The standard InChI is InChI=1S/C19H21ClO3/c1-4-23-19(22)18-13(3)15(12(2)10-17(18)21)11-16(20)14-8-6-5-7-9-14/h5-10,16,21H,4,11H2,1-3H3. The summed E-state index contributed by atoms with van der Waals surface area (Å²) in [6.45, 7) is 5.74. The van der Waals surface area contributed by atoms with Crippen LogP contribution in [-0.2, 0) is 11.2 Å². The minimum Gasteiger partial charge on any atom is -0.507 e. The van der Waals surface area contributed by atoms with Gasteiger partial charge in [0.2, 0.25) is 0 Å². The number of carbonyl (C=O) groups excluding carboxylic acids is 1. The molecule has 122 valence electrons. The summed E-state index contributed by atoms with van der Waals surface area (Å²) in [5.41, 5.74) is 3.86. The summed E-state index contributed by atoms with van der Waals surface area (Å²) in [4.78, 5) is 12.1.